The van der Waals surface area contributed by atoms with Crippen LogP contribution in [0, 0.1) is 0 Å². The Morgan fingerprint density at radius 1 is 0.396 bits per heavy atom. The minimum Gasteiger partial charge on any atom is -0.455 e. The molecule has 2 aromatic heterocycles. The lowest BCUT2D eigenvalue weighted by molar-refractivity contribution is 0.672. The van der Waals surface area contributed by atoms with Crippen LogP contribution in [-0.2, 0) is 0 Å². The SMILES string of the molecule is c1ccc2c(-c3ccc(-c4ccc(N(c5cccc6c5sc5ccccc56)c5cccc6oc7c8ccccc8ccc7c56)cc4)cc3)cccc2c1. The summed E-state index contributed by atoms with van der Waals surface area (Å²) in [5.41, 5.74) is 9.98. The van der Waals surface area contributed by atoms with Gasteiger partial charge in [-0.3, -0.25) is 0 Å². The van der Waals surface area contributed by atoms with Crippen molar-refractivity contribution in [2.45, 2.75) is 0 Å². The highest BCUT2D eigenvalue weighted by molar-refractivity contribution is 7.26. The first kappa shape index (κ1) is 30.0. The summed E-state index contributed by atoms with van der Waals surface area (Å²) in [6.07, 6.45) is 0. The quantitative estimate of drug-likeness (QED) is 0.178. The van der Waals surface area contributed by atoms with Crippen LogP contribution in [0.5, 0.6) is 0 Å². The fourth-order valence-electron chi connectivity index (χ4n) is 8.16. The number of hydrogen-bond acceptors (Lipinski definition) is 3. The molecule has 2 nitrogen and oxygen atoms in total. The van der Waals surface area contributed by atoms with Crippen molar-refractivity contribution < 1.29 is 4.42 Å². The van der Waals surface area contributed by atoms with Crippen molar-refractivity contribution in [3.8, 4) is 22.3 Å². The largest absolute Gasteiger partial charge is 0.455 e. The van der Waals surface area contributed by atoms with Crippen LogP contribution in [0.15, 0.2) is 192 Å². The predicted molar refractivity (Wildman–Crippen MR) is 227 cm³/mol. The molecule has 0 bridgehead atoms. The van der Waals surface area contributed by atoms with Crippen molar-refractivity contribution in [3.05, 3.63) is 188 Å². The number of thiophene rings is 1. The van der Waals surface area contributed by atoms with Gasteiger partial charge in [0, 0.05) is 31.9 Å². The second-order valence-corrected chi connectivity index (χ2v) is 14.7. The molecule has 11 aromatic rings. The van der Waals surface area contributed by atoms with E-state index in [0.717, 1.165) is 44.4 Å². The van der Waals surface area contributed by atoms with Crippen molar-refractivity contribution in [2.75, 3.05) is 4.90 Å². The van der Waals surface area contributed by atoms with Crippen molar-refractivity contribution in [3.63, 3.8) is 0 Å². The van der Waals surface area contributed by atoms with Crippen LogP contribution in [0.2, 0.25) is 0 Å². The van der Waals surface area contributed by atoms with Gasteiger partial charge in [-0.15, -0.1) is 11.3 Å². The molecule has 0 amide bonds. The molecule has 0 aliphatic heterocycles. The fraction of sp³-hybridized carbons (Fsp3) is 0. The van der Waals surface area contributed by atoms with Crippen LogP contribution in [0.4, 0.5) is 17.1 Å². The first-order valence-electron chi connectivity index (χ1n) is 18.0. The van der Waals surface area contributed by atoms with Gasteiger partial charge in [0.1, 0.15) is 11.2 Å². The molecule has 0 saturated carbocycles. The molecule has 0 radical (unpaired) electrons. The smallest absolute Gasteiger partial charge is 0.143 e. The molecule has 0 fully saturated rings. The van der Waals surface area contributed by atoms with E-state index in [-0.39, 0.29) is 0 Å². The summed E-state index contributed by atoms with van der Waals surface area (Å²) in [7, 11) is 0. The first-order chi connectivity index (χ1) is 26.3. The Morgan fingerprint density at radius 2 is 1.00 bits per heavy atom. The van der Waals surface area contributed by atoms with Gasteiger partial charge >= 0.3 is 0 Å². The minimum absolute atomic E-state index is 0.880. The number of fused-ring (bicyclic) bond motifs is 9. The van der Waals surface area contributed by atoms with Gasteiger partial charge in [0.15, 0.2) is 0 Å². The molecule has 0 spiro atoms. The standard InChI is InChI=1S/C50H31NOS/c1-3-13-38-34(10-1)12-7-16-39(38)36-24-22-32(23-25-36)33-26-29-37(30-27-33)51(45-19-8-17-42-41-15-5-6-21-47(41)53-50(42)45)44-18-9-20-46-48(44)43-31-28-35-11-2-4-14-40(35)49(43)52-46/h1-31H. The molecule has 11 rings (SSSR count). The second kappa shape index (κ2) is 11.9. The maximum Gasteiger partial charge on any atom is 0.143 e. The average Bonchev–Trinajstić information content (AvgIpc) is 3.81. The number of furan rings is 1. The van der Waals surface area contributed by atoms with Crippen LogP contribution >= 0.6 is 11.3 Å². The number of rotatable bonds is 5. The van der Waals surface area contributed by atoms with Gasteiger partial charge < -0.3 is 9.32 Å². The zero-order valence-corrected chi connectivity index (χ0v) is 29.5. The molecule has 2 heterocycles. The number of nitrogens with zero attached hydrogens (tertiary/aromatic N) is 1. The van der Waals surface area contributed by atoms with Crippen molar-refractivity contribution in [1.82, 2.24) is 0 Å². The molecule has 53 heavy (non-hydrogen) atoms. The van der Waals surface area contributed by atoms with Crippen LogP contribution in [0.25, 0.3) is 85.9 Å². The molecule has 9 aromatic carbocycles. The molecule has 0 saturated heterocycles. The molecule has 0 aliphatic rings. The van der Waals surface area contributed by atoms with Crippen molar-refractivity contribution in [1.29, 1.82) is 0 Å². The molecule has 0 unspecified atom stereocenters. The highest BCUT2D eigenvalue weighted by Crippen LogP contribution is 2.48. The summed E-state index contributed by atoms with van der Waals surface area (Å²) < 4.78 is 9.23. The summed E-state index contributed by atoms with van der Waals surface area (Å²) in [6.45, 7) is 0. The van der Waals surface area contributed by atoms with Gasteiger partial charge in [0.25, 0.3) is 0 Å². The number of benzene rings is 9. The molecule has 248 valence electrons. The van der Waals surface area contributed by atoms with E-state index in [2.05, 4.69) is 193 Å². The topological polar surface area (TPSA) is 16.4 Å². The molecular formula is C50H31NOS. The maximum atomic E-state index is 6.68. The predicted octanol–water partition coefficient (Wildman–Crippen LogP) is 15.1. The van der Waals surface area contributed by atoms with Crippen LogP contribution < -0.4 is 4.90 Å². The van der Waals surface area contributed by atoms with E-state index in [1.165, 1.54) is 58.6 Å². The van der Waals surface area contributed by atoms with E-state index in [1.807, 2.05) is 11.3 Å². The summed E-state index contributed by atoms with van der Waals surface area (Å²) in [4.78, 5) is 2.43. The molecular weight excluding hydrogens is 663 g/mol. The molecule has 0 N–H and O–H groups in total. The lowest BCUT2D eigenvalue weighted by Crippen LogP contribution is -2.10. The Balaban J connectivity index is 1.07. The summed E-state index contributed by atoms with van der Waals surface area (Å²) in [6, 6.07) is 67.9. The van der Waals surface area contributed by atoms with Gasteiger partial charge in [0.2, 0.25) is 0 Å². The van der Waals surface area contributed by atoms with E-state index in [0.29, 0.717) is 0 Å². The molecule has 3 heteroatoms. The maximum absolute atomic E-state index is 6.68. The normalized spacial score (nSPS) is 11.8. The van der Waals surface area contributed by atoms with Crippen molar-refractivity contribution in [2.24, 2.45) is 0 Å². The van der Waals surface area contributed by atoms with Gasteiger partial charge in [-0.05, 0) is 80.9 Å². The monoisotopic (exact) mass is 693 g/mol. The highest BCUT2D eigenvalue weighted by atomic mass is 32.1. The van der Waals surface area contributed by atoms with Gasteiger partial charge in [0.05, 0.1) is 21.5 Å². The highest BCUT2D eigenvalue weighted by Gasteiger charge is 2.23. The lowest BCUT2D eigenvalue weighted by atomic mass is 9.96. The van der Waals surface area contributed by atoms with E-state index >= 15 is 0 Å². The van der Waals surface area contributed by atoms with Crippen LogP contribution in [0.3, 0.4) is 0 Å². The van der Waals surface area contributed by atoms with Crippen LogP contribution in [0.1, 0.15) is 0 Å². The lowest BCUT2D eigenvalue weighted by Gasteiger charge is -2.27. The Morgan fingerprint density at radius 3 is 1.83 bits per heavy atom. The van der Waals surface area contributed by atoms with E-state index in [9.17, 15) is 0 Å². The van der Waals surface area contributed by atoms with Gasteiger partial charge in [-0.1, -0.05) is 146 Å². The fourth-order valence-corrected chi connectivity index (χ4v) is 9.37. The van der Waals surface area contributed by atoms with Gasteiger partial charge in [-0.25, -0.2) is 0 Å². The average molecular weight is 694 g/mol. The zero-order valence-electron chi connectivity index (χ0n) is 28.7. The Hall–Kier alpha value is -6.68. The number of anilines is 3. The second-order valence-electron chi connectivity index (χ2n) is 13.7. The van der Waals surface area contributed by atoms with E-state index < -0.39 is 0 Å². The first-order valence-corrected chi connectivity index (χ1v) is 18.8. The summed E-state index contributed by atoms with van der Waals surface area (Å²) in [5.74, 6) is 0. The summed E-state index contributed by atoms with van der Waals surface area (Å²) >= 11 is 1.85. The third-order valence-corrected chi connectivity index (χ3v) is 11.9. The van der Waals surface area contributed by atoms with E-state index in [1.54, 1.807) is 0 Å². The summed E-state index contributed by atoms with van der Waals surface area (Å²) in [5, 5.41) is 9.61. The number of hydrogen-bond donors (Lipinski definition) is 0. The van der Waals surface area contributed by atoms with Gasteiger partial charge in [-0.2, -0.15) is 0 Å². The molecule has 0 aliphatic carbocycles. The Labute approximate surface area is 310 Å². The third kappa shape index (κ3) is 4.78. The van der Waals surface area contributed by atoms with Crippen molar-refractivity contribution >= 4 is 92.1 Å². The molecule has 0 atom stereocenters. The van der Waals surface area contributed by atoms with Crippen LogP contribution in [-0.4, -0.2) is 0 Å². The van der Waals surface area contributed by atoms with E-state index in [4.69, 9.17) is 4.42 Å². The Kier molecular flexibility index (Phi) is 6.76. The Bertz CT molecular complexity index is 3160. The minimum atomic E-state index is 0.880. The third-order valence-electron chi connectivity index (χ3n) is 10.7. The zero-order chi connectivity index (χ0) is 34.9.